The first kappa shape index (κ1) is 12.8. The molecular weight excluding hydrogens is 246 g/mol. The highest BCUT2D eigenvalue weighted by atomic mass is 35.5. The third kappa shape index (κ3) is 2.96. The minimum absolute atomic E-state index is 0.210. The van der Waals surface area contributed by atoms with Crippen molar-refractivity contribution in [3.8, 4) is 0 Å². The Balaban J connectivity index is 2.17. The van der Waals surface area contributed by atoms with Crippen molar-refractivity contribution in [2.45, 2.75) is 19.3 Å². The van der Waals surface area contributed by atoms with E-state index in [0.29, 0.717) is 24.5 Å². The summed E-state index contributed by atoms with van der Waals surface area (Å²) in [5.41, 5.74) is 0.302. The van der Waals surface area contributed by atoms with Gasteiger partial charge in [-0.25, -0.2) is 8.78 Å². The number of hydrogen-bond acceptors (Lipinski definition) is 1. The third-order valence-electron chi connectivity index (χ3n) is 3.27. The fraction of sp³-hybridized carbons (Fsp3) is 0.538. The molecule has 1 aromatic carbocycles. The predicted octanol–water partition coefficient (Wildman–Crippen LogP) is 3.54. The summed E-state index contributed by atoms with van der Waals surface area (Å²) in [7, 11) is 0. The van der Waals surface area contributed by atoms with Gasteiger partial charge in [-0.2, -0.15) is 0 Å². The van der Waals surface area contributed by atoms with Crippen LogP contribution >= 0.6 is 11.6 Å². The number of ether oxygens (including phenoxy) is 1. The molecule has 1 aromatic rings. The van der Waals surface area contributed by atoms with Crippen LogP contribution in [0.3, 0.4) is 0 Å². The maximum Gasteiger partial charge on any atom is 0.129 e. The van der Waals surface area contributed by atoms with Gasteiger partial charge in [-0.15, -0.1) is 11.6 Å². The lowest BCUT2D eigenvalue weighted by Gasteiger charge is -2.35. The highest BCUT2D eigenvalue weighted by Gasteiger charge is 2.33. The molecule has 2 rings (SSSR count). The Labute approximate surface area is 105 Å². The Morgan fingerprint density at radius 3 is 2.76 bits per heavy atom. The topological polar surface area (TPSA) is 9.23 Å². The van der Waals surface area contributed by atoms with E-state index in [-0.39, 0.29) is 5.41 Å². The van der Waals surface area contributed by atoms with Crippen molar-refractivity contribution in [2.75, 3.05) is 19.1 Å². The van der Waals surface area contributed by atoms with Gasteiger partial charge < -0.3 is 4.74 Å². The molecule has 1 atom stereocenters. The second-order valence-electron chi connectivity index (χ2n) is 4.70. The maximum absolute atomic E-state index is 13.6. The Morgan fingerprint density at radius 1 is 1.35 bits per heavy atom. The minimum atomic E-state index is -0.550. The minimum Gasteiger partial charge on any atom is -0.381 e. The molecule has 1 nitrogen and oxygen atoms in total. The SMILES string of the molecule is Fc1ccc(CC2(CCl)CCCOC2)c(F)c1. The highest BCUT2D eigenvalue weighted by molar-refractivity contribution is 6.18. The van der Waals surface area contributed by atoms with Gasteiger partial charge in [-0.3, -0.25) is 0 Å². The summed E-state index contributed by atoms with van der Waals surface area (Å²) in [6, 6.07) is 3.69. The average Bonchev–Trinajstić information content (AvgIpc) is 2.34. The Bertz CT molecular complexity index is 389. The summed E-state index contributed by atoms with van der Waals surface area (Å²) in [5.74, 6) is -0.616. The monoisotopic (exact) mass is 260 g/mol. The number of rotatable bonds is 3. The first-order valence-corrected chi connectivity index (χ1v) is 6.26. The van der Waals surface area contributed by atoms with Crippen LogP contribution in [0, 0.1) is 17.0 Å². The largest absolute Gasteiger partial charge is 0.381 e. The molecule has 17 heavy (non-hydrogen) atoms. The van der Waals surface area contributed by atoms with E-state index in [1.54, 1.807) is 0 Å². The van der Waals surface area contributed by atoms with Gasteiger partial charge in [0.05, 0.1) is 6.61 Å². The van der Waals surface area contributed by atoms with Crippen LogP contribution in [-0.4, -0.2) is 19.1 Å². The van der Waals surface area contributed by atoms with E-state index in [2.05, 4.69) is 0 Å². The van der Waals surface area contributed by atoms with Gasteiger partial charge in [0.1, 0.15) is 11.6 Å². The quantitative estimate of drug-likeness (QED) is 0.756. The predicted molar refractivity (Wildman–Crippen MR) is 63.3 cm³/mol. The van der Waals surface area contributed by atoms with E-state index in [9.17, 15) is 8.78 Å². The summed E-state index contributed by atoms with van der Waals surface area (Å²) in [6.07, 6.45) is 2.37. The molecule has 0 bridgehead atoms. The molecule has 1 saturated heterocycles. The second kappa shape index (κ2) is 5.32. The molecule has 0 amide bonds. The molecule has 0 spiro atoms. The average molecular weight is 261 g/mol. The van der Waals surface area contributed by atoms with E-state index in [1.165, 1.54) is 12.1 Å². The summed E-state index contributed by atoms with van der Waals surface area (Å²) in [6.45, 7) is 1.29. The summed E-state index contributed by atoms with van der Waals surface area (Å²) >= 11 is 5.99. The summed E-state index contributed by atoms with van der Waals surface area (Å²) < 4.78 is 31.8. The fourth-order valence-corrected chi connectivity index (χ4v) is 2.58. The van der Waals surface area contributed by atoms with E-state index in [1.807, 2.05) is 0 Å². The third-order valence-corrected chi connectivity index (χ3v) is 3.84. The molecule has 1 aliphatic heterocycles. The molecule has 1 aliphatic rings. The van der Waals surface area contributed by atoms with Gasteiger partial charge in [0.2, 0.25) is 0 Å². The molecule has 4 heteroatoms. The van der Waals surface area contributed by atoms with Crippen LogP contribution in [0.25, 0.3) is 0 Å². The van der Waals surface area contributed by atoms with Gasteiger partial charge in [-0.1, -0.05) is 6.07 Å². The Morgan fingerprint density at radius 2 is 2.18 bits per heavy atom. The van der Waals surface area contributed by atoms with E-state index < -0.39 is 11.6 Å². The standard InChI is InChI=1S/C13H15ClF2O/c14-8-13(4-1-5-17-9-13)7-10-2-3-11(15)6-12(10)16/h2-3,6H,1,4-5,7-9H2. The molecule has 0 radical (unpaired) electrons. The molecule has 0 aliphatic carbocycles. The van der Waals surface area contributed by atoms with Crippen molar-refractivity contribution in [3.05, 3.63) is 35.4 Å². The van der Waals surface area contributed by atoms with Crippen LogP contribution in [0.15, 0.2) is 18.2 Å². The van der Waals surface area contributed by atoms with Crippen LogP contribution in [0.5, 0.6) is 0 Å². The van der Waals surface area contributed by atoms with Crippen molar-refractivity contribution < 1.29 is 13.5 Å². The van der Waals surface area contributed by atoms with Crippen molar-refractivity contribution in [2.24, 2.45) is 5.41 Å². The van der Waals surface area contributed by atoms with E-state index in [0.717, 1.165) is 25.5 Å². The summed E-state index contributed by atoms with van der Waals surface area (Å²) in [4.78, 5) is 0. The second-order valence-corrected chi connectivity index (χ2v) is 4.97. The van der Waals surface area contributed by atoms with Gasteiger partial charge in [-0.05, 0) is 30.9 Å². The molecule has 0 saturated carbocycles. The molecule has 1 unspecified atom stereocenters. The number of hydrogen-bond donors (Lipinski definition) is 0. The molecular formula is C13H15ClF2O. The molecule has 1 fully saturated rings. The van der Waals surface area contributed by atoms with Crippen molar-refractivity contribution in [3.63, 3.8) is 0 Å². The molecule has 94 valence electrons. The zero-order chi connectivity index (χ0) is 12.3. The number of halogens is 3. The summed E-state index contributed by atoms with van der Waals surface area (Å²) in [5, 5.41) is 0. The van der Waals surface area contributed by atoms with Gasteiger partial charge in [0.15, 0.2) is 0 Å². The van der Waals surface area contributed by atoms with E-state index in [4.69, 9.17) is 16.3 Å². The lowest BCUT2D eigenvalue weighted by Crippen LogP contribution is -2.36. The van der Waals surface area contributed by atoms with Crippen LogP contribution in [-0.2, 0) is 11.2 Å². The number of benzene rings is 1. The molecule has 0 N–H and O–H groups in total. The first-order valence-electron chi connectivity index (χ1n) is 5.73. The van der Waals surface area contributed by atoms with Crippen LogP contribution < -0.4 is 0 Å². The van der Waals surface area contributed by atoms with Gasteiger partial charge in [0, 0.05) is 24.0 Å². The molecule has 1 heterocycles. The van der Waals surface area contributed by atoms with Crippen molar-refractivity contribution in [1.29, 1.82) is 0 Å². The molecule has 0 aromatic heterocycles. The van der Waals surface area contributed by atoms with Gasteiger partial charge in [0.25, 0.3) is 0 Å². The zero-order valence-electron chi connectivity index (χ0n) is 9.52. The Hall–Kier alpha value is -0.670. The highest BCUT2D eigenvalue weighted by Crippen LogP contribution is 2.34. The number of alkyl halides is 1. The zero-order valence-corrected chi connectivity index (χ0v) is 10.3. The smallest absolute Gasteiger partial charge is 0.129 e. The Kier molecular flexibility index (Phi) is 4.00. The van der Waals surface area contributed by atoms with Crippen molar-refractivity contribution >= 4 is 11.6 Å². The van der Waals surface area contributed by atoms with Crippen molar-refractivity contribution in [1.82, 2.24) is 0 Å². The lowest BCUT2D eigenvalue weighted by molar-refractivity contribution is 0.00439. The van der Waals surface area contributed by atoms with E-state index >= 15 is 0 Å². The fourth-order valence-electron chi connectivity index (χ4n) is 2.27. The van der Waals surface area contributed by atoms with Crippen LogP contribution in [0.2, 0.25) is 0 Å². The van der Waals surface area contributed by atoms with Crippen LogP contribution in [0.1, 0.15) is 18.4 Å². The first-order chi connectivity index (χ1) is 8.15. The van der Waals surface area contributed by atoms with Gasteiger partial charge >= 0.3 is 0 Å². The maximum atomic E-state index is 13.6. The lowest BCUT2D eigenvalue weighted by atomic mass is 9.79. The normalized spacial score (nSPS) is 24.9. The van der Waals surface area contributed by atoms with Crippen LogP contribution in [0.4, 0.5) is 8.78 Å².